The number of hydrogen-bond donors (Lipinski definition) is 1. The number of rotatable bonds is 3. The van der Waals surface area contributed by atoms with E-state index in [1.807, 2.05) is 0 Å². The minimum Gasteiger partial charge on any atom is -0.399 e. The molecule has 0 saturated carbocycles. The van der Waals surface area contributed by atoms with E-state index in [9.17, 15) is 9.59 Å². The highest BCUT2D eigenvalue weighted by molar-refractivity contribution is 9.10. The third-order valence-corrected chi connectivity index (χ3v) is 4.09. The van der Waals surface area contributed by atoms with E-state index in [1.54, 1.807) is 30.1 Å². The Morgan fingerprint density at radius 3 is 2.65 bits per heavy atom. The summed E-state index contributed by atoms with van der Waals surface area (Å²) in [6, 6.07) is 5.07. The number of nitrogen functional groups attached to an aromatic ring is 1. The number of nitrogens with zero attached hydrogens (tertiary/aromatic N) is 2. The second kappa shape index (κ2) is 6.26. The predicted octanol–water partition coefficient (Wildman–Crippen LogP) is 1.73. The molecule has 1 aromatic rings. The molecule has 0 unspecified atom stereocenters. The molecular weight excluding hydrogens is 322 g/mol. The van der Waals surface area contributed by atoms with Gasteiger partial charge in [-0.15, -0.1) is 0 Å². The fourth-order valence-corrected chi connectivity index (χ4v) is 2.67. The molecule has 1 aliphatic heterocycles. The molecule has 1 heterocycles. The Morgan fingerprint density at radius 1 is 1.35 bits per heavy atom. The highest BCUT2D eigenvalue weighted by Crippen LogP contribution is 2.21. The molecular formula is C14H18BrN3O2. The standard InChI is InChI=1S/C14H18BrN3O2/c1-17(9-13(19)18-6-2-3-7-18)14(20)11-8-10(16)4-5-12(11)15/h4-5,8H,2-3,6-7,9,16H2,1H3. The third-order valence-electron chi connectivity index (χ3n) is 3.40. The summed E-state index contributed by atoms with van der Waals surface area (Å²) < 4.78 is 0.678. The van der Waals surface area contributed by atoms with Crippen LogP contribution in [-0.4, -0.2) is 48.3 Å². The van der Waals surface area contributed by atoms with E-state index in [0.717, 1.165) is 25.9 Å². The fraction of sp³-hybridized carbons (Fsp3) is 0.429. The SMILES string of the molecule is CN(CC(=O)N1CCCC1)C(=O)c1cc(N)ccc1Br. The number of amides is 2. The maximum atomic E-state index is 12.3. The smallest absolute Gasteiger partial charge is 0.255 e. The van der Waals surface area contributed by atoms with Gasteiger partial charge in [-0.25, -0.2) is 0 Å². The Hall–Kier alpha value is -1.56. The lowest BCUT2D eigenvalue weighted by molar-refractivity contribution is -0.130. The van der Waals surface area contributed by atoms with Crippen LogP contribution in [0.1, 0.15) is 23.2 Å². The van der Waals surface area contributed by atoms with Crippen LogP contribution in [0.15, 0.2) is 22.7 Å². The zero-order chi connectivity index (χ0) is 14.7. The number of likely N-dealkylation sites (tertiary alicyclic amines) is 1. The molecule has 1 fully saturated rings. The molecule has 0 spiro atoms. The van der Waals surface area contributed by atoms with Crippen LogP contribution in [0.5, 0.6) is 0 Å². The number of hydrogen-bond acceptors (Lipinski definition) is 3. The van der Waals surface area contributed by atoms with E-state index in [1.165, 1.54) is 4.90 Å². The minimum atomic E-state index is -0.211. The van der Waals surface area contributed by atoms with Gasteiger partial charge < -0.3 is 15.5 Å². The fourth-order valence-electron chi connectivity index (χ4n) is 2.25. The summed E-state index contributed by atoms with van der Waals surface area (Å²) in [5, 5.41) is 0. The molecule has 20 heavy (non-hydrogen) atoms. The molecule has 0 aromatic heterocycles. The van der Waals surface area contributed by atoms with Gasteiger partial charge in [-0.1, -0.05) is 0 Å². The normalized spacial score (nSPS) is 14.4. The van der Waals surface area contributed by atoms with Crippen LogP contribution in [0.4, 0.5) is 5.69 Å². The molecule has 5 nitrogen and oxygen atoms in total. The zero-order valence-corrected chi connectivity index (χ0v) is 13.0. The lowest BCUT2D eigenvalue weighted by atomic mass is 10.2. The van der Waals surface area contributed by atoms with Gasteiger partial charge >= 0.3 is 0 Å². The number of benzene rings is 1. The van der Waals surface area contributed by atoms with E-state index in [4.69, 9.17) is 5.73 Å². The van der Waals surface area contributed by atoms with Crippen LogP contribution < -0.4 is 5.73 Å². The van der Waals surface area contributed by atoms with Crippen LogP contribution in [0, 0.1) is 0 Å². The summed E-state index contributed by atoms with van der Waals surface area (Å²) in [6.07, 6.45) is 2.09. The summed E-state index contributed by atoms with van der Waals surface area (Å²) in [4.78, 5) is 27.6. The average molecular weight is 340 g/mol. The van der Waals surface area contributed by atoms with Gasteiger partial charge in [0.1, 0.15) is 0 Å². The molecule has 0 bridgehead atoms. The van der Waals surface area contributed by atoms with Crippen molar-refractivity contribution in [2.45, 2.75) is 12.8 Å². The number of carbonyl (C=O) groups is 2. The first kappa shape index (κ1) is 14.8. The van der Waals surface area contributed by atoms with Crippen molar-refractivity contribution < 1.29 is 9.59 Å². The molecule has 6 heteroatoms. The maximum Gasteiger partial charge on any atom is 0.255 e. The van der Waals surface area contributed by atoms with Gasteiger partial charge in [-0.3, -0.25) is 9.59 Å². The van der Waals surface area contributed by atoms with E-state index in [2.05, 4.69) is 15.9 Å². The first-order chi connectivity index (χ1) is 9.49. The van der Waals surface area contributed by atoms with Crippen molar-refractivity contribution in [1.29, 1.82) is 0 Å². The highest BCUT2D eigenvalue weighted by Gasteiger charge is 2.22. The number of nitrogens with two attached hydrogens (primary N) is 1. The first-order valence-electron chi connectivity index (χ1n) is 6.57. The zero-order valence-electron chi connectivity index (χ0n) is 11.4. The molecule has 0 atom stereocenters. The van der Waals surface area contributed by atoms with Crippen LogP contribution in [-0.2, 0) is 4.79 Å². The van der Waals surface area contributed by atoms with Gasteiger partial charge in [-0.05, 0) is 47.0 Å². The first-order valence-corrected chi connectivity index (χ1v) is 7.36. The molecule has 0 aliphatic carbocycles. The van der Waals surface area contributed by atoms with Crippen molar-refractivity contribution in [2.75, 3.05) is 32.4 Å². The molecule has 1 saturated heterocycles. The summed E-state index contributed by atoms with van der Waals surface area (Å²) >= 11 is 3.33. The molecule has 2 N–H and O–H groups in total. The lowest BCUT2D eigenvalue weighted by Gasteiger charge is -2.21. The van der Waals surface area contributed by atoms with Crippen molar-refractivity contribution in [3.8, 4) is 0 Å². The number of halogens is 1. The molecule has 1 aliphatic rings. The Morgan fingerprint density at radius 2 is 2.00 bits per heavy atom. The Balaban J connectivity index is 2.04. The summed E-state index contributed by atoms with van der Waals surface area (Å²) in [6.45, 7) is 1.69. The Kier molecular flexibility index (Phi) is 4.65. The monoisotopic (exact) mass is 339 g/mol. The quantitative estimate of drug-likeness (QED) is 0.852. The van der Waals surface area contributed by atoms with Crippen molar-refractivity contribution in [1.82, 2.24) is 9.80 Å². The maximum absolute atomic E-state index is 12.3. The Labute approximate surface area is 126 Å². The summed E-state index contributed by atoms with van der Waals surface area (Å²) in [5.41, 5.74) is 6.70. The van der Waals surface area contributed by atoms with Gasteiger partial charge in [-0.2, -0.15) is 0 Å². The largest absolute Gasteiger partial charge is 0.399 e. The second-order valence-corrected chi connectivity index (χ2v) is 5.84. The van der Waals surface area contributed by atoms with Crippen LogP contribution >= 0.6 is 15.9 Å². The lowest BCUT2D eigenvalue weighted by Crippen LogP contribution is -2.39. The highest BCUT2D eigenvalue weighted by atomic mass is 79.9. The number of likely N-dealkylation sites (N-methyl/N-ethyl adjacent to an activating group) is 1. The van der Waals surface area contributed by atoms with Crippen molar-refractivity contribution in [3.63, 3.8) is 0 Å². The van der Waals surface area contributed by atoms with Crippen LogP contribution in [0.2, 0.25) is 0 Å². The van der Waals surface area contributed by atoms with Crippen molar-refractivity contribution in [2.24, 2.45) is 0 Å². The Bertz CT molecular complexity index is 527. The van der Waals surface area contributed by atoms with Gasteiger partial charge in [0.05, 0.1) is 12.1 Å². The van der Waals surface area contributed by atoms with Gasteiger partial charge in [0.15, 0.2) is 0 Å². The predicted molar refractivity (Wildman–Crippen MR) is 81.3 cm³/mol. The van der Waals surface area contributed by atoms with E-state index < -0.39 is 0 Å². The van der Waals surface area contributed by atoms with Crippen molar-refractivity contribution in [3.05, 3.63) is 28.2 Å². The molecule has 2 amide bonds. The molecule has 1 aromatic carbocycles. The van der Waals surface area contributed by atoms with Crippen LogP contribution in [0.25, 0.3) is 0 Å². The van der Waals surface area contributed by atoms with E-state index >= 15 is 0 Å². The van der Waals surface area contributed by atoms with E-state index in [-0.39, 0.29) is 18.4 Å². The summed E-state index contributed by atoms with van der Waals surface area (Å²) in [7, 11) is 1.63. The van der Waals surface area contributed by atoms with Gasteiger partial charge in [0.25, 0.3) is 5.91 Å². The second-order valence-electron chi connectivity index (χ2n) is 4.99. The summed E-state index contributed by atoms with van der Waals surface area (Å²) in [5.74, 6) is -0.213. The molecule has 108 valence electrons. The topological polar surface area (TPSA) is 66.6 Å². The van der Waals surface area contributed by atoms with E-state index in [0.29, 0.717) is 15.7 Å². The van der Waals surface area contributed by atoms with Crippen molar-refractivity contribution >= 4 is 33.4 Å². The van der Waals surface area contributed by atoms with Gasteiger partial charge in [0, 0.05) is 30.3 Å². The van der Waals surface area contributed by atoms with Crippen LogP contribution in [0.3, 0.4) is 0 Å². The number of anilines is 1. The molecule has 0 radical (unpaired) electrons. The number of carbonyl (C=O) groups excluding carboxylic acids is 2. The molecule has 2 rings (SSSR count). The average Bonchev–Trinajstić information content (AvgIpc) is 2.94. The van der Waals surface area contributed by atoms with Gasteiger partial charge in [0.2, 0.25) is 5.91 Å². The minimum absolute atomic E-state index is 0.00150. The third kappa shape index (κ3) is 3.30.